The number of phenols is 1. The molecule has 7 N–H and O–H groups in total. The summed E-state index contributed by atoms with van der Waals surface area (Å²) < 4.78 is 0. The summed E-state index contributed by atoms with van der Waals surface area (Å²) in [5.41, 5.74) is 5.37. The standard InChI is InChI=1S/C28H36N4O4.C13H11NO2/c33-24-9-7-22(23-8-10-27(36)31-28(23)24)25(34)19-29-13-11-20-5-4-6-21(17-20)18-30-26(35)12-16-32-14-2-1-3-15-32;15-13(16)14-12-9-5-4-8-11(12)10-6-2-1-3-7-10/h4-10,17,25,29,33-34H,1-3,11-16,18-19H2,(H,30,35)(H,31,36);1-9,14H,(H,15,16)/t25-;/m0./s1. The number of nitrogens with one attached hydrogen (secondary N) is 4. The predicted octanol–water partition coefficient (Wildman–Crippen LogP) is 6.04. The SMILES string of the molecule is O=C(CCN1CCCCC1)NCc1cccc(CCNC[C@H](O)c2ccc(O)c3[nH]c(=O)ccc23)c1.O=C(O)Nc1ccccc1-c1ccccc1. The molecule has 1 saturated heterocycles. The molecule has 0 bridgehead atoms. The minimum absolute atomic E-state index is 0.0234. The molecule has 1 fully saturated rings. The van der Waals surface area contributed by atoms with Gasteiger partial charge in [-0.15, -0.1) is 0 Å². The van der Waals surface area contributed by atoms with Gasteiger partial charge in [0.15, 0.2) is 0 Å². The fraction of sp³-hybridized carbons (Fsp3) is 0.293. The van der Waals surface area contributed by atoms with Gasteiger partial charge in [-0.1, -0.05) is 85.3 Å². The van der Waals surface area contributed by atoms with Gasteiger partial charge in [-0.25, -0.2) is 4.79 Å². The van der Waals surface area contributed by atoms with Crippen LogP contribution >= 0.6 is 0 Å². The van der Waals surface area contributed by atoms with Gasteiger partial charge in [0.05, 0.1) is 17.3 Å². The number of hydrogen-bond acceptors (Lipinski definition) is 7. The van der Waals surface area contributed by atoms with Gasteiger partial charge in [0, 0.05) is 43.1 Å². The molecule has 0 radical (unpaired) electrons. The van der Waals surface area contributed by atoms with Crippen molar-refractivity contribution in [1.29, 1.82) is 0 Å². The van der Waals surface area contributed by atoms with Gasteiger partial charge in [0.25, 0.3) is 0 Å². The van der Waals surface area contributed by atoms with Crippen molar-refractivity contribution in [3.8, 4) is 16.9 Å². The second-order valence-electron chi connectivity index (χ2n) is 12.8. The summed E-state index contributed by atoms with van der Waals surface area (Å²) in [7, 11) is 0. The third-order valence-electron chi connectivity index (χ3n) is 9.03. The zero-order valence-corrected chi connectivity index (χ0v) is 29.2. The average Bonchev–Trinajstić information content (AvgIpc) is 3.16. The quantitative estimate of drug-likeness (QED) is 0.0729. The summed E-state index contributed by atoms with van der Waals surface area (Å²) in [6, 6.07) is 31.3. The van der Waals surface area contributed by atoms with Crippen molar-refractivity contribution >= 4 is 28.6 Å². The third-order valence-corrected chi connectivity index (χ3v) is 9.03. The molecular weight excluding hydrogens is 658 g/mol. The number of hydrogen-bond donors (Lipinski definition) is 7. The van der Waals surface area contributed by atoms with Gasteiger partial charge in [0.2, 0.25) is 11.5 Å². The molecule has 1 atom stereocenters. The van der Waals surface area contributed by atoms with E-state index in [0.29, 0.717) is 48.2 Å². The van der Waals surface area contributed by atoms with Gasteiger partial charge in [-0.3, -0.25) is 14.9 Å². The average molecular weight is 706 g/mol. The Bertz CT molecular complexity index is 1980. The van der Waals surface area contributed by atoms with E-state index in [4.69, 9.17) is 5.11 Å². The molecule has 0 aliphatic carbocycles. The lowest BCUT2D eigenvalue weighted by atomic mass is 10.0. The van der Waals surface area contributed by atoms with Gasteiger partial charge in [-0.2, -0.15) is 0 Å². The monoisotopic (exact) mass is 705 g/mol. The Morgan fingerprint density at radius 2 is 1.60 bits per heavy atom. The summed E-state index contributed by atoms with van der Waals surface area (Å²) >= 11 is 0. The fourth-order valence-electron chi connectivity index (χ4n) is 6.33. The number of carboxylic acid groups (broad SMARTS) is 1. The molecule has 1 aliphatic heterocycles. The second-order valence-corrected chi connectivity index (χ2v) is 12.8. The molecule has 5 aromatic rings. The van der Waals surface area contributed by atoms with Gasteiger partial charge in [0.1, 0.15) is 5.75 Å². The van der Waals surface area contributed by atoms with Gasteiger partial charge < -0.3 is 35.8 Å². The van der Waals surface area contributed by atoms with E-state index in [2.05, 4.69) is 38.0 Å². The number of benzene rings is 4. The molecule has 0 saturated carbocycles. The number of likely N-dealkylation sites (tertiary alicyclic amines) is 1. The summed E-state index contributed by atoms with van der Waals surface area (Å²) in [6.07, 6.45) is 3.25. The highest BCUT2D eigenvalue weighted by Crippen LogP contribution is 2.29. The van der Waals surface area contributed by atoms with E-state index in [-0.39, 0.29) is 17.2 Å². The number of aliphatic hydroxyl groups excluding tert-OH is 1. The highest BCUT2D eigenvalue weighted by molar-refractivity contribution is 5.90. The Morgan fingerprint density at radius 3 is 2.38 bits per heavy atom. The summed E-state index contributed by atoms with van der Waals surface area (Å²) in [5.74, 6) is 0.0668. The third kappa shape index (κ3) is 11.3. The molecular formula is C41H47N5O6. The van der Waals surface area contributed by atoms with E-state index in [1.54, 1.807) is 24.3 Å². The van der Waals surface area contributed by atoms with E-state index in [1.165, 1.54) is 31.4 Å². The largest absolute Gasteiger partial charge is 0.506 e. The number of piperidine rings is 1. The van der Waals surface area contributed by atoms with Crippen molar-refractivity contribution in [1.82, 2.24) is 20.5 Å². The molecule has 1 aromatic heterocycles. The first-order chi connectivity index (χ1) is 25.3. The molecule has 0 spiro atoms. The molecule has 2 heterocycles. The number of amides is 2. The van der Waals surface area contributed by atoms with Crippen molar-refractivity contribution in [2.45, 2.75) is 44.8 Å². The van der Waals surface area contributed by atoms with Crippen molar-refractivity contribution < 1.29 is 24.9 Å². The van der Waals surface area contributed by atoms with Crippen molar-refractivity contribution in [3.63, 3.8) is 0 Å². The van der Waals surface area contributed by atoms with Crippen LogP contribution in [0.3, 0.4) is 0 Å². The molecule has 2 amide bonds. The van der Waals surface area contributed by atoms with Crippen LogP contribution in [-0.4, -0.2) is 69.9 Å². The van der Waals surface area contributed by atoms with Gasteiger partial charge >= 0.3 is 6.09 Å². The molecule has 11 heteroatoms. The van der Waals surface area contributed by atoms with Crippen molar-refractivity contribution in [3.05, 3.63) is 130 Å². The Labute approximate surface area is 303 Å². The van der Waals surface area contributed by atoms with Crippen molar-refractivity contribution in [2.24, 2.45) is 0 Å². The van der Waals surface area contributed by atoms with Crippen LogP contribution in [0, 0.1) is 0 Å². The molecule has 52 heavy (non-hydrogen) atoms. The topological polar surface area (TPSA) is 167 Å². The Kier molecular flexibility index (Phi) is 13.9. The van der Waals surface area contributed by atoms with Crippen LogP contribution < -0.4 is 21.5 Å². The zero-order chi connectivity index (χ0) is 36.7. The van der Waals surface area contributed by atoms with Crippen LogP contribution in [0.1, 0.15) is 48.5 Å². The summed E-state index contributed by atoms with van der Waals surface area (Å²) in [6.45, 7) is 4.58. The maximum absolute atomic E-state index is 12.2. The minimum Gasteiger partial charge on any atom is -0.506 e. The van der Waals surface area contributed by atoms with Crippen LogP contribution in [0.4, 0.5) is 10.5 Å². The van der Waals surface area contributed by atoms with E-state index < -0.39 is 12.2 Å². The Hall–Kier alpha value is -5.49. The molecule has 0 unspecified atom stereocenters. The number of aromatic amines is 1. The number of aromatic hydroxyl groups is 1. The highest BCUT2D eigenvalue weighted by Gasteiger charge is 2.14. The molecule has 6 rings (SSSR count). The number of aliphatic hydroxyl groups is 1. The normalized spacial score (nSPS) is 13.5. The molecule has 272 valence electrons. The fourth-order valence-corrected chi connectivity index (χ4v) is 6.33. The Morgan fingerprint density at radius 1 is 0.846 bits per heavy atom. The van der Waals surface area contributed by atoms with Crippen LogP contribution in [0.15, 0.2) is 108 Å². The van der Waals surface area contributed by atoms with Crippen LogP contribution in [0.25, 0.3) is 22.0 Å². The highest BCUT2D eigenvalue weighted by atomic mass is 16.4. The smallest absolute Gasteiger partial charge is 0.409 e. The molecule has 4 aromatic carbocycles. The van der Waals surface area contributed by atoms with E-state index in [9.17, 15) is 24.6 Å². The zero-order valence-electron chi connectivity index (χ0n) is 29.2. The predicted molar refractivity (Wildman–Crippen MR) is 204 cm³/mol. The number of carbonyl (C=O) groups is 2. The number of pyridine rings is 1. The number of H-pyrrole nitrogens is 1. The molecule has 11 nitrogen and oxygen atoms in total. The summed E-state index contributed by atoms with van der Waals surface area (Å²) in [5, 5.41) is 38.8. The van der Waals surface area contributed by atoms with E-state index in [1.807, 2.05) is 54.6 Å². The maximum atomic E-state index is 12.2. The van der Waals surface area contributed by atoms with Crippen LogP contribution in [-0.2, 0) is 17.8 Å². The van der Waals surface area contributed by atoms with Gasteiger partial charge in [-0.05, 0) is 79.3 Å². The first-order valence-corrected chi connectivity index (χ1v) is 17.7. The first-order valence-electron chi connectivity index (χ1n) is 17.7. The lowest BCUT2D eigenvalue weighted by molar-refractivity contribution is -0.121. The number of anilines is 1. The first kappa shape index (κ1) is 37.8. The second kappa shape index (κ2) is 19.2. The number of phenolic OH excluding ortho intramolecular Hbond substituents is 1. The van der Waals surface area contributed by atoms with Crippen LogP contribution in [0.2, 0.25) is 0 Å². The van der Waals surface area contributed by atoms with E-state index >= 15 is 0 Å². The number of para-hydroxylation sites is 1. The lowest BCUT2D eigenvalue weighted by Gasteiger charge is -2.25. The minimum atomic E-state index is -1.05. The number of rotatable bonds is 13. The van der Waals surface area contributed by atoms with Crippen molar-refractivity contribution in [2.75, 3.05) is 38.0 Å². The number of carbonyl (C=O) groups excluding carboxylic acids is 1. The number of fused-ring (bicyclic) bond motifs is 1. The van der Waals surface area contributed by atoms with E-state index in [0.717, 1.165) is 48.3 Å². The number of nitrogens with zero attached hydrogens (tertiary/aromatic N) is 1. The number of aromatic nitrogens is 1. The Balaban J connectivity index is 0.000000272. The molecule has 1 aliphatic rings. The summed E-state index contributed by atoms with van der Waals surface area (Å²) in [4.78, 5) is 39.5. The maximum Gasteiger partial charge on any atom is 0.409 e. The lowest BCUT2D eigenvalue weighted by Crippen LogP contribution is -2.34. The van der Waals surface area contributed by atoms with Crippen LogP contribution in [0.5, 0.6) is 5.75 Å².